The predicted octanol–water partition coefficient (Wildman–Crippen LogP) is 1.39. The van der Waals surface area contributed by atoms with Crippen molar-refractivity contribution >= 4 is 40.7 Å². The molecule has 0 unspecified atom stereocenters. The van der Waals surface area contributed by atoms with E-state index in [1.54, 1.807) is 0 Å². The normalized spacial score (nSPS) is 14.8. The fourth-order valence-electron chi connectivity index (χ4n) is 2.41. The van der Waals surface area contributed by atoms with Crippen LogP contribution in [0.25, 0.3) is 0 Å². The van der Waals surface area contributed by atoms with Gasteiger partial charge in [0.1, 0.15) is 11.4 Å². The number of thioether (sulfide) groups is 1. The van der Waals surface area contributed by atoms with Crippen LogP contribution < -0.4 is 21.7 Å². The third-order valence-electron chi connectivity index (χ3n) is 3.55. The second-order valence-electron chi connectivity index (χ2n) is 5.00. The molecule has 3 rings (SSSR count). The summed E-state index contributed by atoms with van der Waals surface area (Å²) in [6.07, 6.45) is 0. The third kappa shape index (κ3) is 2.96. The van der Waals surface area contributed by atoms with E-state index in [9.17, 15) is 4.79 Å². The number of nitrogens with one attached hydrogen (secondary N) is 2. The van der Waals surface area contributed by atoms with E-state index in [-0.39, 0.29) is 11.4 Å². The molecule has 0 saturated carbocycles. The first-order valence-corrected chi connectivity index (χ1v) is 8.14. The van der Waals surface area contributed by atoms with Gasteiger partial charge in [-0.15, -0.1) is 0 Å². The van der Waals surface area contributed by atoms with Gasteiger partial charge in [0.15, 0.2) is 5.82 Å². The monoisotopic (exact) mass is 318 g/mol. The summed E-state index contributed by atoms with van der Waals surface area (Å²) in [5.74, 6) is 2.21. The van der Waals surface area contributed by atoms with Crippen LogP contribution in [0.15, 0.2) is 24.3 Å². The summed E-state index contributed by atoms with van der Waals surface area (Å²) in [6, 6.07) is 8.01. The average molecular weight is 318 g/mol. The Morgan fingerprint density at radius 3 is 2.59 bits per heavy atom. The summed E-state index contributed by atoms with van der Waals surface area (Å²) >= 11 is 1.98. The van der Waals surface area contributed by atoms with Crippen LogP contribution in [0.3, 0.4) is 0 Å². The molecule has 1 aromatic carbocycles. The Kier molecular flexibility index (Phi) is 4.10. The Morgan fingerprint density at radius 2 is 1.95 bits per heavy atom. The molecule has 2 aromatic rings. The molecule has 8 heteroatoms. The summed E-state index contributed by atoms with van der Waals surface area (Å²) in [4.78, 5) is 13.8. The molecular formula is C14H18N6OS. The number of hydrogen-bond acceptors (Lipinski definition) is 6. The van der Waals surface area contributed by atoms with Crippen LogP contribution in [0.4, 0.5) is 23.0 Å². The van der Waals surface area contributed by atoms with Crippen LogP contribution >= 0.6 is 11.8 Å². The first-order chi connectivity index (χ1) is 10.6. The molecule has 0 aliphatic carbocycles. The molecule has 1 amide bonds. The minimum atomic E-state index is -0.615. The molecule has 1 aliphatic heterocycles. The Balaban J connectivity index is 1.75. The maximum absolute atomic E-state index is 11.4. The first kappa shape index (κ1) is 14.6. The Morgan fingerprint density at radius 1 is 1.27 bits per heavy atom. The Bertz CT molecular complexity index is 662. The standard InChI is InChI=1S/C14H18N6OS/c15-12-11(13(16)21)14(19-18-12)17-9-1-3-10(4-2-9)20-5-7-22-8-6-20/h1-4H,5-8H2,(H2,16,21)(H4,15,17,18,19). The highest BCUT2D eigenvalue weighted by Crippen LogP contribution is 2.25. The van der Waals surface area contributed by atoms with Gasteiger partial charge in [-0.25, -0.2) is 0 Å². The number of amides is 1. The van der Waals surface area contributed by atoms with E-state index in [2.05, 4.69) is 32.5 Å². The van der Waals surface area contributed by atoms with Crippen LogP contribution in [0.1, 0.15) is 10.4 Å². The lowest BCUT2D eigenvalue weighted by molar-refractivity contribution is 0.100. The molecule has 2 heterocycles. The van der Waals surface area contributed by atoms with Crippen molar-refractivity contribution in [2.24, 2.45) is 5.73 Å². The summed E-state index contributed by atoms with van der Waals surface area (Å²) in [5, 5.41) is 9.58. The molecule has 1 fully saturated rings. The van der Waals surface area contributed by atoms with Crippen molar-refractivity contribution in [2.75, 3.05) is 40.5 Å². The first-order valence-electron chi connectivity index (χ1n) is 6.98. The molecule has 1 aromatic heterocycles. The zero-order valence-corrected chi connectivity index (χ0v) is 12.8. The number of benzene rings is 1. The molecule has 0 spiro atoms. The topological polar surface area (TPSA) is 113 Å². The van der Waals surface area contributed by atoms with Gasteiger partial charge in [-0.05, 0) is 24.3 Å². The number of nitrogen functional groups attached to an aromatic ring is 1. The van der Waals surface area contributed by atoms with E-state index in [4.69, 9.17) is 11.5 Å². The summed E-state index contributed by atoms with van der Waals surface area (Å²) < 4.78 is 0. The van der Waals surface area contributed by atoms with Crippen molar-refractivity contribution in [3.63, 3.8) is 0 Å². The minimum Gasteiger partial charge on any atom is -0.383 e. The average Bonchev–Trinajstić information content (AvgIpc) is 2.90. The van der Waals surface area contributed by atoms with Gasteiger partial charge < -0.3 is 21.7 Å². The highest BCUT2D eigenvalue weighted by molar-refractivity contribution is 7.99. The van der Waals surface area contributed by atoms with Crippen LogP contribution in [-0.4, -0.2) is 40.7 Å². The third-order valence-corrected chi connectivity index (χ3v) is 4.49. The van der Waals surface area contributed by atoms with Crippen molar-refractivity contribution in [3.8, 4) is 0 Å². The van der Waals surface area contributed by atoms with Gasteiger partial charge in [0.05, 0.1) is 0 Å². The van der Waals surface area contributed by atoms with E-state index in [0.29, 0.717) is 5.82 Å². The number of carbonyl (C=O) groups is 1. The second kappa shape index (κ2) is 6.18. The second-order valence-corrected chi connectivity index (χ2v) is 6.22. The molecule has 116 valence electrons. The van der Waals surface area contributed by atoms with Crippen molar-refractivity contribution in [1.29, 1.82) is 0 Å². The van der Waals surface area contributed by atoms with Crippen molar-refractivity contribution in [2.45, 2.75) is 0 Å². The molecule has 6 N–H and O–H groups in total. The number of hydrogen-bond donors (Lipinski definition) is 4. The van der Waals surface area contributed by atoms with Crippen molar-refractivity contribution in [3.05, 3.63) is 29.8 Å². The number of nitrogens with zero attached hydrogens (tertiary/aromatic N) is 2. The zero-order valence-electron chi connectivity index (χ0n) is 12.0. The number of H-pyrrole nitrogens is 1. The smallest absolute Gasteiger partial charge is 0.256 e. The molecule has 7 nitrogen and oxygen atoms in total. The SMILES string of the molecule is NC(=O)c1c(Nc2ccc(N3CCSCC3)cc2)n[nH]c1N. The van der Waals surface area contributed by atoms with Gasteiger partial charge >= 0.3 is 0 Å². The van der Waals surface area contributed by atoms with Crippen LogP contribution in [0.2, 0.25) is 0 Å². The number of nitrogens with two attached hydrogens (primary N) is 2. The summed E-state index contributed by atoms with van der Waals surface area (Å²) in [5.41, 5.74) is 13.2. The highest BCUT2D eigenvalue weighted by Gasteiger charge is 2.16. The molecule has 22 heavy (non-hydrogen) atoms. The molecular weight excluding hydrogens is 300 g/mol. The maximum Gasteiger partial charge on any atom is 0.256 e. The number of aromatic nitrogens is 2. The fraction of sp³-hybridized carbons (Fsp3) is 0.286. The van der Waals surface area contributed by atoms with E-state index < -0.39 is 5.91 Å². The minimum absolute atomic E-state index is 0.164. The molecule has 1 saturated heterocycles. The van der Waals surface area contributed by atoms with Gasteiger partial charge in [0, 0.05) is 36.0 Å². The largest absolute Gasteiger partial charge is 0.383 e. The molecule has 0 bridgehead atoms. The number of aromatic amines is 1. The number of anilines is 4. The summed E-state index contributed by atoms with van der Waals surface area (Å²) in [7, 11) is 0. The molecule has 1 aliphatic rings. The lowest BCUT2D eigenvalue weighted by Crippen LogP contribution is -2.32. The van der Waals surface area contributed by atoms with E-state index >= 15 is 0 Å². The Labute approximate surface area is 132 Å². The van der Waals surface area contributed by atoms with Crippen LogP contribution in [0.5, 0.6) is 0 Å². The molecule has 0 atom stereocenters. The highest BCUT2D eigenvalue weighted by atomic mass is 32.2. The van der Waals surface area contributed by atoms with Crippen LogP contribution in [-0.2, 0) is 0 Å². The lowest BCUT2D eigenvalue weighted by Gasteiger charge is -2.28. The lowest BCUT2D eigenvalue weighted by atomic mass is 10.2. The van der Waals surface area contributed by atoms with Gasteiger partial charge in [0.2, 0.25) is 0 Å². The predicted molar refractivity (Wildman–Crippen MR) is 90.8 cm³/mol. The Hall–Kier alpha value is -2.35. The number of rotatable bonds is 4. The van der Waals surface area contributed by atoms with Gasteiger partial charge in [0.25, 0.3) is 5.91 Å². The van der Waals surface area contributed by atoms with Crippen LogP contribution in [0, 0.1) is 0 Å². The van der Waals surface area contributed by atoms with Crippen molar-refractivity contribution < 1.29 is 4.79 Å². The van der Waals surface area contributed by atoms with Gasteiger partial charge in [-0.3, -0.25) is 9.89 Å². The van der Waals surface area contributed by atoms with Gasteiger partial charge in [-0.1, -0.05) is 0 Å². The zero-order chi connectivity index (χ0) is 15.5. The van der Waals surface area contributed by atoms with E-state index in [1.165, 1.54) is 5.69 Å². The number of carbonyl (C=O) groups excluding carboxylic acids is 1. The summed E-state index contributed by atoms with van der Waals surface area (Å²) in [6.45, 7) is 2.14. The quantitative estimate of drug-likeness (QED) is 0.677. The van der Waals surface area contributed by atoms with E-state index in [1.807, 2.05) is 23.9 Å². The van der Waals surface area contributed by atoms with E-state index in [0.717, 1.165) is 30.3 Å². The molecule has 0 radical (unpaired) electrons. The fourth-order valence-corrected chi connectivity index (χ4v) is 3.31. The maximum atomic E-state index is 11.4. The number of primary amides is 1. The van der Waals surface area contributed by atoms with Gasteiger partial charge in [-0.2, -0.15) is 16.9 Å². The van der Waals surface area contributed by atoms with Crippen molar-refractivity contribution in [1.82, 2.24) is 10.2 Å².